The van der Waals surface area contributed by atoms with E-state index in [1.165, 1.54) is 0 Å². The summed E-state index contributed by atoms with van der Waals surface area (Å²) >= 11 is 11.7. The molecular weight excluding hydrogens is 219 g/mol. The van der Waals surface area contributed by atoms with Gasteiger partial charge >= 0.3 is 0 Å². The molecule has 0 atom stereocenters. The van der Waals surface area contributed by atoms with Crippen LogP contribution in [-0.4, -0.2) is 9.97 Å². The largest absolute Gasteiger partial charge is 0.348 e. The van der Waals surface area contributed by atoms with Crippen LogP contribution in [0.15, 0.2) is 30.6 Å². The number of hydrogen-bond donors (Lipinski definition) is 1. The monoisotopic (exact) mass is 226 g/mol. The van der Waals surface area contributed by atoms with Gasteiger partial charge in [-0.3, -0.25) is 0 Å². The predicted molar refractivity (Wildman–Crippen MR) is 57.9 cm³/mol. The highest BCUT2D eigenvalue weighted by atomic mass is 35.5. The Bertz CT molecular complexity index is 424. The van der Waals surface area contributed by atoms with Crippen LogP contribution in [0.25, 0.3) is 0 Å². The van der Waals surface area contributed by atoms with E-state index < -0.39 is 0 Å². The molecule has 4 heteroatoms. The van der Waals surface area contributed by atoms with Crippen molar-refractivity contribution in [1.29, 1.82) is 0 Å². The predicted octanol–water partition coefficient (Wildman–Crippen LogP) is 3.31. The van der Waals surface area contributed by atoms with Gasteiger partial charge < -0.3 is 4.98 Å². The molecule has 2 nitrogen and oxygen atoms in total. The van der Waals surface area contributed by atoms with Gasteiger partial charge in [0.15, 0.2) is 0 Å². The number of rotatable bonds is 2. The van der Waals surface area contributed by atoms with E-state index in [2.05, 4.69) is 9.97 Å². The maximum Gasteiger partial charge on any atom is 0.110 e. The molecule has 1 aromatic heterocycles. The Morgan fingerprint density at radius 1 is 1.21 bits per heavy atom. The molecule has 14 heavy (non-hydrogen) atoms. The van der Waals surface area contributed by atoms with Crippen molar-refractivity contribution >= 4 is 23.2 Å². The van der Waals surface area contributed by atoms with Gasteiger partial charge in [0, 0.05) is 18.8 Å². The first-order chi connectivity index (χ1) is 6.75. The minimum Gasteiger partial charge on any atom is -0.348 e. The van der Waals surface area contributed by atoms with Crippen LogP contribution in [0.4, 0.5) is 0 Å². The number of aromatic nitrogens is 2. The average molecular weight is 227 g/mol. The second kappa shape index (κ2) is 4.03. The Balaban J connectivity index is 2.22. The summed E-state index contributed by atoms with van der Waals surface area (Å²) in [6, 6.07) is 5.59. The van der Waals surface area contributed by atoms with E-state index in [-0.39, 0.29) is 0 Å². The number of nitrogens with one attached hydrogen (secondary N) is 1. The summed E-state index contributed by atoms with van der Waals surface area (Å²) in [5, 5.41) is 1.16. The number of benzene rings is 1. The number of imidazole rings is 1. The Hall–Kier alpha value is -0.990. The quantitative estimate of drug-likeness (QED) is 0.837. The van der Waals surface area contributed by atoms with Crippen LogP contribution in [0, 0.1) is 0 Å². The molecule has 0 bridgehead atoms. The van der Waals surface area contributed by atoms with Crippen molar-refractivity contribution in [3.8, 4) is 0 Å². The lowest BCUT2D eigenvalue weighted by atomic mass is 10.1. The average Bonchev–Trinajstić information content (AvgIpc) is 2.64. The Morgan fingerprint density at radius 3 is 2.71 bits per heavy atom. The molecule has 0 aliphatic carbocycles. The van der Waals surface area contributed by atoms with E-state index in [1.807, 2.05) is 12.1 Å². The highest BCUT2D eigenvalue weighted by molar-refractivity contribution is 6.42. The van der Waals surface area contributed by atoms with Crippen molar-refractivity contribution in [1.82, 2.24) is 9.97 Å². The lowest BCUT2D eigenvalue weighted by molar-refractivity contribution is 1.03. The molecule has 0 radical (unpaired) electrons. The van der Waals surface area contributed by atoms with Crippen molar-refractivity contribution in [2.24, 2.45) is 0 Å². The number of hydrogen-bond acceptors (Lipinski definition) is 1. The topological polar surface area (TPSA) is 28.7 Å². The summed E-state index contributed by atoms with van der Waals surface area (Å²) in [7, 11) is 0. The van der Waals surface area contributed by atoms with Gasteiger partial charge in [-0.2, -0.15) is 0 Å². The number of nitrogens with zero attached hydrogens (tertiary/aromatic N) is 1. The minimum absolute atomic E-state index is 0.579. The molecule has 2 rings (SSSR count). The van der Waals surface area contributed by atoms with Crippen LogP contribution in [0.3, 0.4) is 0 Å². The maximum atomic E-state index is 5.89. The molecule has 0 unspecified atom stereocenters. The third kappa shape index (κ3) is 2.08. The van der Waals surface area contributed by atoms with E-state index in [4.69, 9.17) is 23.2 Å². The minimum atomic E-state index is 0.579. The van der Waals surface area contributed by atoms with Crippen LogP contribution < -0.4 is 0 Å². The van der Waals surface area contributed by atoms with E-state index in [0.717, 1.165) is 17.8 Å². The van der Waals surface area contributed by atoms with Crippen LogP contribution in [0.2, 0.25) is 10.0 Å². The van der Waals surface area contributed by atoms with Gasteiger partial charge in [0.1, 0.15) is 5.82 Å². The van der Waals surface area contributed by atoms with Gasteiger partial charge in [0.05, 0.1) is 10.0 Å². The summed E-state index contributed by atoms with van der Waals surface area (Å²) < 4.78 is 0. The fourth-order valence-corrected chi connectivity index (χ4v) is 1.56. The lowest BCUT2D eigenvalue weighted by Gasteiger charge is -2.00. The summed E-state index contributed by atoms with van der Waals surface area (Å²) in [5.74, 6) is 0.920. The van der Waals surface area contributed by atoms with Crippen LogP contribution >= 0.6 is 23.2 Å². The molecule has 0 fully saturated rings. The van der Waals surface area contributed by atoms with Gasteiger partial charge in [-0.25, -0.2) is 4.98 Å². The zero-order chi connectivity index (χ0) is 9.97. The second-order valence-electron chi connectivity index (χ2n) is 2.96. The molecule has 0 saturated carbocycles. The molecule has 0 aliphatic rings. The molecule has 1 N–H and O–H groups in total. The molecule has 1 aromatic carbocycles. The first-order valence-electron chi connectivity index (χ1n) is 4.18. The first kappa shape index (κ1) is 9.56. The molecule has 0 saturated heterocycles. The highest BCUT2D eigenvalue weighted by Crippen LogP contribution is 2.23. The fraction of sp³-hybridized carbons (Fsp3) is 0.100. The van der Waals surface area contributed by atoms with Crippen LogP contribution in [0.1, 0.15) is 11.4 Å². The van der Waals surface area contributed by atoms with Crippen molar-refractivity contribution in [3.05, 3.63) is 52.0 Å². The van der Waals surface area contributed by atoms with Gasteiger partial charge in [0.25, 0.3) is 0 Å². The molecular formula is C10H8Cl2N2. The van der Waals surface area contributed by atoms with E-state index in [0.29, 0.717) is 10.0 Å². The van der Waals surface area contributed by atoms with Gasteiger partial charge in [0.2, 0.25) is 0 Å². The zero-order valence-corrected chi connectivity index (χ0v) is 8.81. The Kier molecular flexibility index (Phi) is 2.75. The van der Waals surface area contributed by atoms with Crippen LogP contribution in [0.5, 0.6) is 0 Å². The SMILES string of the molecule is Clc1ccc(Cc2ncc[nH]2)cc1Cl. The third-order valence-corrected chi connectivity index (χ3v) is 2.65. The summed E-state index contributed by atoms with van der Waals surface area (Å²) in [5.41, 5.74) is 1.09. The molecule has 1 heterocycles. The van der Waals surface area contributed by atoms with Gasteiger partial charge in [-0.05, 0) is 17.7 Å². The van der Waals surface area contributed by atoms with Crippen molar-refractivity contribution < 1.29 is 0 Å². The third-order valence-electron chi connectivity index (χ3n) is 1.91. The van der Waals surface area contributed by atoms with E-state index in [9.17, 15) is 0 Å². The molecule has 72 valence electrons. The normalized spacial score (nSPS) is 10.4. The summed E-state index contributed by atoms with van der Waals surface area (Å²) in [6.07, 6.45) is 4.27. The van der Waals surface area contributed by atoms with Crippen LogP contribution in [-0.2, 0) is 6.42 Å². The molecule has 0 aliphatic heterocycles. The van der Waals surface area contributed by atoms with Crippen molar-refractivity contribution in [3.63, 3.8) is 0 Å². The summed E-state index contributed by atoms with van der Waals surface area (Å²) in [4.78, 5) is 7.16. The highest BCUT2D eigenvalue weighted by Gasteiger charge is 2.01. The molecule has 2 aromatic rings. The fourth-order valence-electron chi connectivity index (χ4n) is 1.24. The summed E-state index contributed by atoms with van der Waals surface area (Å²) in [6.45, 7) is 0. The van der Waals surface area contributed by atoms with Gasteiger partial charge in [-0.1, -0.05) is 29.3 Å². The number of aromatic amines is 1. The molecule has 0 spiro atoms. The van der Waals surface area contributed by atoms with E-state index >= 15 is 0 Å². The number of H-pyrrole nitrogens is 1. The lowest BCUT2D eigenvalue weighted by Crippen LogP contribution is -1.90. The first-order valence-corrected chi connectivity index (χ1v) is 4.93. The smallest absolute Gasteiger partial charge is 0.110 e. The van der Waals surface area contributed by atoms with Gasteiger partial charge in [-0.15, -0.1) is 0 Å². The van der Waals surface area contributed by atoms with Crippen molar-refractivity contribution in [2.45, 2.75) is 6.42 Å². The Labute approximate surface area is 91.9 Å². The zero-order valence-electron chi connectivity index (χ0n) is 7.30. The maximum absolute atomic E-state index is 5.89. The number of halogens is 2. The van der Waals surface area contributed by atoms with Crippen molar-refractivity contribution in [2.75, 3.05) is 0 Å². The standard InChI is InChI=1S/C10H8Cl2N2/c11-8-2-1-7(5-9(8)12)6-10-13-3-4-14-10/h1-5H,6H2,(H,13,14). The van der Waals surface area contributed by atoms with E-state index in [1.54, 1.807) is 18.5 Å². The second-order valence-corrected chi connectivity index (χ2v) is 3.78. The Morgan fingerprint density at radius 2 is 2.07 bits per heavy atom. The molecule has 0 amide bonds.